The molecule has 2 saturated heterocycles. The van der Waals surface area contributed by atoms with Crippen molar-refractivity contribution in [1.29, 1.82) is 0 Å². The molecule has 3 nitrogen and oxygen atoms in total. The Balaban J connectivity index is 0.000000127. The first-order valence-corrected chi connectivity index (χ1v) is 4.63. The van der Waals surface area contributed by atoms with Gasteiger partial charge < -0.3 is 10.1 Å². The van der Waals surface area contributed by atoms with Gasteiger partial charge in [-0.25, -0.2) is 0 Å². The molecular formula is C9H17NO2. The molecule has 3 heteroatoms. The molecule has 0 aromatic heterocycles. The van der Waals surface area contributed by atoms with Crippen LogP contribution in [0.3, 0.4) is 0 Å². The highest BCUT2D eigenvalue weighted by molar-refractivity contribution is 5.78. The van der Waals surface area contributed by atoms with E-state index in [1.54, 1.807) is 0 Å². The number of ether oxygens (including phenoxy) is 1. The predicted octanol–water partition coefficient (Wildman–Crippen LogP) is 0.939. The van der Waals surface area contributed by atoms with Crippen LogP contribution in [0.4, 0.5) is 0 Å². The number of nitrogens with one attached hydrogen (secondary N) is 1. The third-order valence-electron chi connectivity index (χ3n) is 2.01. The van der Waals surface area contributed by atoms with Crippen molar-refractivity contribution in [3.05, 3.63) is 0 Å². The SMILES string of the molecule is C1CCOC1.CC1CNC(=O)C1. The molecule has 1 atom stereocenters. The zero-order valence-electron chi connectivity index (χ0n) is 7.64. The van der Waals surface area contributed by atoms with Gasteiger partial charge in [0, 0.05) is 26.2 Å². The van der Waals surface area contributed by atoms with E-state index in [1.807, 2.05) is 0 Å². The smallest absolute Gasteiger partial charge is 0.220 e. The van der Waals surface area contributed by atoms with Gasteiger partial charge in [0.25, 0.3) is 0 Å². The van der Waals surface area contributed by atoms with E-state index in [-0.39, 0.29) is 5.91 Å². The first-order chi connectivity index (χ1) is 5.79. The lowest BCUT2D eigenvalue weighted by molar-refractivity contribution is -0.119. The summed E-state index contributed by atoms with van der Waals surface area (Å²) in [6.45, 7) is 4.94. The third-order valence-corrected chi connectivity index (χ3v) is 2.01. The van der Waals surface area contributed by atoms with Gasteiger partial charge in [-0.1, -0.05) is 6.92 Å². The average molecular weight is 171 g/mol. The van der Waals surface area contributed by atoms with Crippen LogP contribution in [0, 0.1) is 5.92 Å². The van der Waals surface area contributed by atoms with Gasteiger partial charge in [-0.05, 0) is 18.8 Å². The average Bonchev–Trinajstić information content (AvgIpc) is 2.63. The molecule has 0 aromatic carbocycles. The molecule has 0 saturated carbocycles. The molecule has 1 N–H and O–H groups in total. The van der Waals surface area contributed by atoms with Crippen molar-refractivity contribution in [2.45, 2.75) is 26.2 Å². The Morgan fingerprint density at radius 3 is 2.25 bits per heavy atom. The van der Waals surface area contributed by atoms with Crippen molar-refractivity contribution in [3.8, 4) is 0 Å². The Hall–Kier alpha value is -0.570. The van der Waals surface area contributed by atoms with Gasteiger partial charge in [0.05, 0.1) is 0 Å². The molecule has 0 radical (unpaired) electrons. The van der Waals surface area contributed by atoms with Crippen LogP contribution < -0.4 is 5.32 Å². The topological polar surface area (TPSA) is 38.3 Å². The molecule has 0 aromatic rings. The number of hydrogen-bond donors (Lipinski definition) is 1. The minimum Gasteiger partial charge on any atom is -0.381 e. The first kappa shape index (κ1) is 9.52. The van der Waals surface area contributed by atoms with Crippen molar-refractivity contribution in [2.24, 2.45) is 5.92 Å². The zero-order valence-corrected chi connectivity index (χ0v) is 7.64. The Bertz CT molecular complexity index is 136. The number of hydrogen-bond acceptors (Lipinski definition) is 2. The second-order valence-electron chi connectivity index (χ2n) is 3.43. The van der Waals surface area contributed by atoms with E-state index in [2.05, 4.69) is 12.2 Å². The zero-order chi connectivity index (χ0) is 8.81. The Morgan fingerprint density at radius 2 is 2.08 bits per heavy atom. The van der Waals surface area contributed by atoms with Crippen molar-refractivity contribution >= 4 is 5.91 Å². The molecule has 1 amide bonds. The Morgan fingerprint density at radius 1 is 1.42 bits per heavy atom. The number of carbonyl (C=O) groups excluding carboxylic acids is 1. The van der Waals surface area contributed by atoms with Crippen molar-refractivity contribution in [3.63, 3.8) is 0 Å². The number of amides is 1. The van der Waals surface area contributed by atoms with Crippen LogP contribution in [0.5, 0.6) is 0 Å². The number of rotatable bonds is 0. The van der Waals surface area contributed by atoms with Crippen LogP contribution in [0.25, 0.3) is 0 Å². The van der Waals surface area contributed by atoms with Gasteiger partial charge in [-0.2, -0.15) is 0 Å². The first-order valence-electron chi connectivity index (χ1n) is 4.63. The molecule has 0 spiro atoms. The molecule has 0 bridgehead atoms. The summed E-state index contributed by atoms with van der Waals surface area (Å²) in [5.41, 5.74) is 0. The molecule has 0 aliphatic carbocycles. The molecule has 2 rings (SSSR count). The van der Waals surface area contributed by atoms with Crippen LogP contribution in [0.1, 0.15) is 26.2 Å². The van der Waals surface area contributed by atoms with Crippen LogP contribution >= 0.6 is 0 Å². The fourth-order valence-electron chi connectivity index (χ4n) is 1.26. The summed E-state index contributed by atoms with van der Waals surface area (Å²) >= 11 is 0. The summed E-state index contributed by atoms with van der Waals surface area (Å²) in [6.07, 6.45) is 3.28. The van der Waals surface area contributed by atoms with Gasteiger partial charge in [-0.15, -0.1) is 0 Å². The molecule has 1 unspecified atom stereocenters. The highest BCUT2D eigenvalue weighted by Gasteiger charge is 2.15. The summed E-state index contributed by atoms with van der Waals surface area (Å²) in [5.74, 6) is 0.764. The minimum atomic E-state index is 0.201. The quantitative estimate of drug-likeness (QED) is 0.589. The molecule has 2 aliphatic heterocycles. The van der Waals surface area contributed by atoms with E-state index < -0.39 is 0 Å². The molecule has 2 aliphatic rings. The Labute approximate surface area is 73.5 Å². The van der Waals surface area contributed by atoms with Gasteiger partial charge in [0.1, 0.15) is 0 Å². The van der Waals surface area contributed by atoms with Crippen molar-refractivity contribution < 1.29 is 9.53 Å². The maximum atomic E-state index is 10.3. The molecule has 2 fully saturated rings. The van der Waals surface area contributed by atoms with E-state index in [0.717, 1.165) is 26.2 Å². The largest absolute Gasteiger partial charge is 0.381 e. The van der Waals surface area contributed by atoms with Crippen LogP contribution in [0.15, 0.2) is 0 Å². The summed E-state index contributed by atoms with van der Waals surface area (Å²) in [5, 5.41) is 2.73. The van der Waals surface area contributed by atoms with Gasteiger partial charge in [-0.3, -0.25) is 4.79 Å². The highest BCUT2D eigenvalue weighted by Crippen LogP contribution is 2.05. The van der Waals surface area contributed by atoms with E-state index >= 15 is 0 Å². The Kier molecular flexibility index (Phi) is 4.08. The number of carbonyl (C=O) groups is 1. The van der Waals surface area contributed by atoms with Gasteiger partial charge in [0.15, 0.2) is 0 Å². The molecular weight excluding hydrogens is 154 g/mol. The molecule has 12 heavy (non-hydrogen) atoms. The van der Waals surface area contributed by atoms with Crippen molar-refractivity contribution in [2.75, 3.05) is 19.8 Å². The summed E-state index contributed by atoms with van der Waals surface area (Å²) in [4.78, 5) is 10.3. The lowest BCUT2D eigenvalue weighted by atomic mass is 10.2. The standard InChI is InChI=1S/C5H9NO.C4H8O/c1-4-2-5(7)6-3-4;1-2-4-5-3-1/h4H,2-3H2,1H3,(H,6,7);1-4H2. The maximum absolute atomic E-state index is 10.3. The van der Waals surface area contributed by atoms with E-state index in [4.69, 9.17) is 4.74 Å². The highest BCUT2D eigenvalue weighted by atomic mass is 16.5. The maximum Gasteiger partial charge on any atom is 0.220 e. The van der Waals surface area contributed by atoms with E-state index in [9.17, 15) is 4.79 Å². The summed E-state index contributed by atoms with van der Waals surface area (Å²) < 4.78 is 4.94. The fraction of sp³-hybridized carbons (Fsp3) is 0.889. The van der Waals surface area contributed by atoms with Gasteiger partial charge in [0.2, 0.25) is 5.91 Å². The lowest BCUT2D eigenvalue weighted by Gasteiger charge is -1.88. The van der Waals surface area contributed by atoms with Crippen LogP contribution in [-0.2, 0) is 9.53 Å². The monoisotopic (exact) mass is 171 g/mol. The second-order valence-corrected chi connectivity index (χ2v) is 3.43. The normalized spacial score (nSPS) is 27.8. The van der Waals surface area contributed by atoms with Crippen LogP contribution in [0.2, 0.25) is 0 Å². The lowest BCUT2D eigenvalue weighted by Crippen LogP contribution is -2.13. The second kappa shape index (κ2) is 5.14. The molecule has 2 heterocycles. The van der Waals surface area contributed by atoms with E-state index in [0.29, 0.717) is 5.92 Å². The van der Waals surface area contributed by atoms with Gasteiger partial charge >= 0.3 is 0 Å². The summed E-state index contributed by atoms with van der Waals surface area (Å²) in [6, 6.07) is 0. The molecule has 70 valence electrons. The fourth-order valence-corrected chi connectivity index (χ4v) is 1.26. The van der Waals surface area contributed by atoms with E-state index in [1.165, 1.54) is 12.8 Å². The predicted molar refractivity (Wildman–Crippen MR) is 46.8 cm³/mol. The third kappa shape index (κ3) is 3.72. The summed E-state index contributed by atoms with van der Waals surface area (Å²) in [7, 11) is 0. The van der Waals surface area contributed by atoms with Crippen LogP contribution in [-0.4, -0.2) is 25.7 Å². The van der Waals surface area contributed by atoms with Crippen molar-refractivity contribution in [1.82, 2.24) is 5.32 Å². The minimum absolute atomic E-state index is 0.201.